The molecule has 0 aliphatic carbocycles. The van der Waals surface area contributed by atoms with Crippen LogP contribution in [0.15, 0.2) is 17.8 Å². The van der Waals surface area contributed by atoms with Crippen molar-refractivity contribution in [1.82, 2.24) is 19.9 Å². The van der Waals surface area contributed by atoms with Crippen molar-refractivity contribution in [2.75, 3.05) is 19.6 Å². The van der Waals surface area contributed by atoms with Gasteiger partial charge in [-0.1, -0.05) is 16.9 Å². The van der Waals surface area contributed by atoms with Gasteiger partial charge in [0.1, 0.15) is 0 Å². The Morgan fingerprint density at radius 1 is 1.44 bits per heavy atom. The predicted octanol–water partition coefficient (Wildman–Crippen LogP) is 0.389. The normalized spacial score (nSPS) is 17.5. The van der Waals surface area contributed by atoms with Gasteiger partial charge in [-0.25, -0.2) is 0 Å². The highest BCUT2D eigenvalue weighted by Crippen LogP contribution is 2.09. The molecule has 1 aliphatic rings. The fourth-order valence-corrected chi connectivity index (χ4v) is 1.80. The minimum absolute atomic E-state index is 0.464. The summed E-state index contributed by atoms with van der Waals surface area (Å²) in [6.45, 7) is 6.79. The molecule has 0 bridgehead atoms. The second-order valence-electron chi connectivity index (χ2n) is 4.28. The number of rotatable bonds is 4. The third-order valence-corrected chi connectivity index (χ3v) is 2.96. The molecule has 0 radical (unpaired) electrons. The molecule has 0 atom stereocenters. The van der Waals surface area contributed by atoms with Crippen molar-refractivity contribution in [3.05, 3.63) is 23.5 Å². The molecule has 1 aliphatic heterocycles. The lowest BCUT2D eigenvalue weighted by molar-refractivity contribution is 0.276. The Morgan fingerprint density at radius 3 is 2.94 bits per heavy atom. The van der Waals surface area contributed by atoms with Crippen molar-refractivity contribution in [1.29, 1.82) is 0 Å². The maximum absolute atomic E-state index is 5.48. The molecule has 0 aromatic carbocycles. The van der Waals surface area contributed by atoms with Crippen molar-refractivity contribution in [3.63, 3.8) is 0 Å². The molecule has 5 nitrogen and oxygen atoms in total. The number of hydrogen-bond acceptors (Lipinski definition) is 4. The standard InChI is InChI=1S/C11H19N5/c1-10-2-4-15(5-3-10)6-7-16-9-11(8-12)13-14-16/h2,9H,3-8,12H2,1H3. The Kier molecular flexibility index (Phi) is 3.69. The van der Waals surface area contributed by atoms with E-state index in [0.717, 1.165) is 31.9 Å². The molecule has 16 heavy (non-hydrogen) atoms. The van der Waals surface area contributed by atoms with Crippen LogP contribution in [-0.4, -0.2) is 39.5 Å². The molecule has 0 spiro atoms. The molecular formula is C11H19N5. The summed E-state index contributed by atoms with van der Waals surface area (Å²) in [5, 5.41) is 8.00. The van der Waals surface area contributed by atoms with Gasteiger partial charge in [-0.05, 0) is 13.3 Å². The third-order valence-electron chi connectivity index (χ3n) is 2.96. The first kappa shape index (κ1) is 11.3. The summed E-state index contributed by atoms with van der Waals surface area (Å²) in [5.74, 6) is 0. The molecule has 0 unspecified atom stereocenters. The third kappa shape index (κ3) is 2.90. The molecule has 0 fully saturated rings. The van der Waals surface area contributed by atoms with Crippen LogP contribution in [0.5, 0.6) is 0 Å². The van der Waals surface area contributed by atoms with E-state index in [-0.39, 0.29) is 0 Å². The van der Waals surface area contributed by atoms with E-state index in [9.17, 15) is 0 Å². The number of nitrogens with zero attached hydrogens (tertiary/aromatic N) is 4. The minimum atomic E-state index is 0.464. The average Bonchev–Trinajstić information content (AvgIpc) is 2.76. The zero-order valence-corrected chi connectivity index (χ0v) is 9.76. The molecule has 0 saturated carbocycles. The Hall–Kier alpha value is -1.20. The Balaban J connectivity index is 1.79. The van der Waals surface area contributed by atoms with Crippen LogP contribution in [0.25, 0.3) is 0 Å². The topological polar surface area (TPSA) is 60.0 Å². The summed E-state index contributed by atoms with van der Waals surface area (Å²) >= 11 is 0. The Labute approximate surface area is 95.9 Å². The molecule has 1 aromatic heterocycles. The van der Waals surface area contributed by atoms with Crippen LogP contribution in [0.1, 0.15) is 19.0 Å². The van der Waals surface area contributed by atoms with Gasteiger partial charge in [-0.2, -0.15) is 0 Å². The first-order valence-electron chi connectivity index (χ1n) is 5.75. The van der Waals surface area contributed by atoms with E-state index in [1.165, 1.54) is 12.0 Å². The molecule has 2 N–H and O–H groups in total. The molecule has 88 valence electrons. The lowest BCUT2D eigenvalue weighted by Gasteiger charge is -2.24. The summed E-state index contributed by atoms with van der Waals surface area (Å²) in [6.07, 6.45) is 5.41. The van der Waals surface area contributed by atoms with E-state index in [2.05, 4.69) is 28.2 Å². The van der Waals surface area contributed by atoms with Gasteiger partial charge >= 0.3 is 0 Å². The van der Waals surface area contributed by atoms with Gasteiger partial charge in [-0.3, -0.25) is 9.58 Å². The zero-order chi connectivity index (χ0) is 11.4. The molecule has 2 heterocycles. The largest absolute Gasteiger partial charge is 0.325 e. The fraction of sp³-hybridized carbons (Fsp3) is 0.636. The molecule has 0 saturated heterocycles. The Morgan fingerprint density at radius 2 is 2.31 bits per heavy atom. The van der Waals surface area contributed by atoms with Crippen LogP contribution in [0, 0.1) is 0 Å². The van der Waals surface area contributed by atoms with E-state index >= 15 is 0 Å². The minimum Gasteiger partial charge on any atom is -0.325 e. The SMILES string of the molecule is CC1=CCN(CCn2cc(CN)nn2)CC1. The van der Waals surface area contributed by atoms with Crippen molar-refractivity contribution in [3.8, 4) is 0 Å². The molecular weight excluding hydrogens is 202 g/mol. The van der Waals surface area contributed by atoms with Gasteiger partial charge in [0.25, 0.3) is 0 Å². The second kappa shape index (κ2) is 5.23. The first-order chi connectivity index (χ1) is 7.78. The summed E-state index contributed by atoms with van der Waals surface area (Å²) in [7, 11) is 0. The summed E-state index contributed by atoms with van der Waals surface area (Å²) < 4.78 is 1.87. The van der Waals surface area contributed by atoms with Crippen LogP contribution in [0.4, 0.5) is 0 Å². The van der Waals surface area contributed by atoms with Crippen LogP contribution >= 0.6 is 0 Å². The maximum Gasteiger partial charge on any atom is 0.0962 e. The number of aromatic nitrogens is 3. The van der Waals surface area contributed by atoms with E-state index in [0.29, 0.717) is 6.54 Å². The summed E-state index contributed by atoms with van der Waals surface area (Å²) in [5.41, 5.74) is 7.84. The quantitative estimate of drug-likeness (QED) is 0.747. The van der Waals surface area contributed by atoms with Crippen molar-refractivity contribution in [2.45, 2.75) is 26.4 Å². The van der Waals surface area contributed by atoms with Gasteiger partial charge in [0.05, 0.1) is 12.2 Å². The van der Waals surface area contributed by atoms with E-state index in [1.807, 2.05) is 10.9 Å². The highest BCUT2D eigenvalue weighted by atomic mass is 15.4. The molecule has 1 aromatic rings. The van der Waals surface area contributed by atoms with Crippen LogP contribution < -0.4 is 5.73 Å². The van der Waals surface area contributed by atoms with E-state index < -0.39 is 0 Å². The monoisotopic (exact) mass is 221 g/mol. The maximum atomic E-state index is 5.48. The van der Waals surface area contributed by atoms with Gasteiger partial charge in [0.15, 0.2) is 0 Å². The van der Waals surface area contributed by atoms with E-state index in [4.69, 9.17) is 5.73 Å². The fourth-order valence-electron chi connectivity index (χ4n) is 1.80. The highest BCUT2D eigenvalue weighted by molar-refractivity contribution is 5.03. The highest BCUT2D eigenvalue weighted by Gasteiger charge is 2.09. The molecule has 5 heteroatoms. The second-order valence-corrected chi connectivity index (χ2v) is 4.28. The van der Waals surface area contributed by atoms with Gasteiger partial charge in [0.2, 0.25) is 0 Å². The van der Waals surface area contributed by atoms with Gasteiger partial charge < -0.3 is 5.73 Å². The van der Waals surface area contributed by atoms with Crippen molar-refractivity contribution in [2.24, 2.45) is 5.73 Å². The van der Waals surface area contributed by atoms with Gasteiger partial charge in [-0.15, -0.1) is 5.10 Å². The summed E-state index contributed by atoms with van der Waals surface area (Å²) in [6, 6.07) is 0. The zero-order valence-electron chi connectivity index (χ0n) is 9.76. The van der Waals surface area contributed by atoms with Crippen molar-refractivity contribution >= 4 is 0 Å². The first-order valence-corrected chi connectivity index (χ1v) is 5.75. The average molecular weight is 221 g/mol. The van der Waals surface area contributed by atoms with Crippen LogP contribution in [0.3, 0.4) is 0 Å². The van der Waals surface area contributed by atoms with Gasteiger partial charge in [0, 0.05) is 32.4 Å². The van der Waals surface area contributed by atoms with Crippen LogP contribution in [0.2, 0.25) is 0 Å². The van der Waals surface area contributed by atoms with E-state index in [1.54, 1.807) is 0 Å². The smallest absolute Gasteiger partial charge is 0.0962 e. The number of hydrogen-bond donors (Lipinski definition) is 1. The lowest BCUT2D eigenvalue weighted by atomic mass is 10.1. The molecule has 0 amide bonds. The number of nitrogens with two attached hydrogens (primary N) is 1. The van der Waals surface area contributed by atoms with Crippen LogP contribution in [-0.2, 0) is 13.1 Å². The van der Waals surface area contributed by atoms with Crippen molar-refractivity contribution < 1.29 is 0 Å². The summed E-state index contributed by atoms with van der Waals surface area (Å²) in [4.78, 5) is 2.43. The Bertz CT molecular complexity index is 368. The lowest BCUT2D eigenvalue weighted by Crippen LogP contribution is -2.31. The molecule has 2 rings (SSSR count). The predicted molar refractivity (Wildman–Crippen MR) is 62.7 cm³/mol.